The highest BCUT2D eigenvalue weighted by molar-refractivity contribution is 5.74. The molecule has 3 rings (SSSR count). The highest BCUT2D eigenvalue weighted by atomic mass is 16.3. The maximum Gasteiger partial charge on any atom is 0.209 e. The Balaban J connectivity index is 1.98. The molecule has 1 amide bonds. The van der Waals surface area contributed by atoms with E-state index in [1.807, 2.05) is 11.0 Å². The van der Waals surface area contributed by atoms with E-state index in [9.17, 15) is 4.79 Å². The summed E-state index contributed by atoms with van der Waals surface area (Å²) in [4.78, 5) is 12.7. The molecule has 100 valence electrons. The number of amides is 1. The number of fused-ring (bicyclic) bond motifs is 1. The van der Waals surface area contributed by atoms with Gasteiger partial charge in [0.1, 0.15) is 5.76 Å². The van der Waals surface area contributed by atoms with Crippen LogP contribution in [0.3, 0.4) is 0 Å². The number of hydrogen-bond acceptors (Lipinski definition) is 2. The second-order valence-corrected chi connectivity index (χ2v) is 5.44. The summed E-state index contributed by atoms with van der Waals surface area (Å²) in [5.74, 6) is 1.57. The predicted molar refractivity (Wildman–Crippen MR) is 74.4 cm³/mol. The van der Waals surface area contributed by atoms with Crippen LogP contribution < -0.4 is 0 Å². The van der Waals surface area contributed by atoms with Crippen LogP contribution in [0.25, 0.3) is 11.3 Å². The summed E-state index contributed by atoms with van der Waals surface area (Å²) in [5, 5.41) is 0. The van der Waals surface area contributed by atoms with E-state index in [-0.39, 0.29) is 0 Å². The molecule has 0 aromatic heterocycles. The second-order valence-electron chi connectivity index (χ2n) is 5.44. The Bertz CT molecular complexity index is 565. The first-order chi connectivity index (χ1) is 9.22. The molecule has 1 aliphatic carbocycles. The van der Waals surface area contributed by atoms with E-state index in [0.29, 0.717) is 5.92 Å². The Morgan fingerprint density at radius 2 is 2.00 bits per heavy atom. The lowest BCUT2D eigenvalue weighted by Gasteiger charge is -2.30. The number of likely N-dealkylation sites (tertiary alicyclic amines) is 1. The molecule has 0 aromatic carbocycles. The molecule has 3 nitrogen and oxygen atoms in total. The molecule has 2 heterocycles. The lowest BCUT2D eigenvalue weighted by atomic mass is 9.87. The fourth-order valence-electron chi connectivity index (χ4n) is 3.28. The molecule has 1 fully saturated rings. The first-order valence-electron chi connectivity index (χ1n) is 6.88. The number of piperidine rings is 1. The first kappa shape index (κ1) is 12.3. The zero-order valence-corrected chi connectivity index (χ0v) is 11.5. The van der Waals surface area contributed by atoms with Crippen LogP contribution in [0.1, 0.15) is 35.4 Å². The van der Waals surface area contributed by atoms with Crippen molar-refractivity contribution in [1.82, 2.24) is 4.90 Å². The van der Waals surface area contributed by atoms with Gasteiger partial charge in [0.05, 0.1) is 6.26 Å². The van der Waals surface area contributed by atoms with Crippen LogP contribution in [-0.4, -0.2) is 24.4 Å². The van der Waals surface area contributed by atoms with Crippen molar-refractivity contribution in [2.24, 2.45) is 0 Å². The van der Waals surface area contributed by atoms with Gasteiger partial charge in [0.25, 0.3) is 0 Å². The summed E-state index contributed by atoms with van der Waals surface area (Å²) in [6, 6.07) is 4.12. The van der Waals surface area contributed by atoms with Crippen molar-refractivity contribution < 1.29 is 9.21 Å². The molecular weight excluding hydrogens is 238 g/mol. The molecule has 3 heteroatoms. The van der Waals surface area contributed by atoms with Gasteiger partial charge in [0, 0.05) is 18.7 Å². The molecule has 2 aliphatic heterocycles. The van der Waals surface area contributed by atoms with Crippen molar-refractivity contribution in [3.05, 3.63) is 35.1 Å². The van der Waals surface area contributed by atoms with E-state index in [1.165, 1.54) is 22.3 Å². The minimum absolute atomic E-state index is 0.546. The summed E-state index contributed by atoms with van der Waals surface area (Å²) < 4.78 is 5.67. The van der Waals surface area contributed by atoms with E-state index in [1.54, 1.807) is 6.26 Å². The minimum Gasteiger partial charge on any atom is -0.464 e. The Labute approximate surface area is 113 Å². The molecule has 3 aliphatic rings. The Morgan fingerprint density at radius 3 is 2.68 bits per heavy atom. The molecule has 0 atom stereocenters. The van der Waals surface area contributed by atoms with Crippen molar-refractivity contribution in [3.63, 3.8) is 0 Å². The highest BCUT2D eigenvalue weighted by Gasteiger charge is 2.28. The summed E-state index contributed by atoms with van der Waals surface area (Å²) in [7, 11) is 0. The molecule has 0 saturated carbocycles. The Hall–Kier alpha value is -1.77. The fraction of sp³-hybridized carbons (Fsp3) is 0.438. The number of rotatable bonds is 2. The van der Waals surface area contributed by atoms with Gasteiger partial charge in [0.2, 0.25) is 6.41 Å². The van der Waals surface area contributed by atoms with Gasteiger partial charge < -0.3 is 9.32 Å². The van der Waals surface area contributed by atoms with Gasteiger partial charge in [-0.2, -0.15) is 0 Å². The van der Waals surface area contributed by atoms with E-state index in [0.717, 1.165) is 38.1 Å². The van der Waals surface area contributed by atoms with E-state index >= 15 is 0 Å². The molecule has 0 spiro atoms. The van der Waals surface area contributed by atoms with Crippen LogP contribution >= 0.6 is 0 Å². The zero-order chi connectivity index (χ0) is 13.4. The predicted octanol–water partition coefficient (Wildman–Crippen LogP) is 3.34. The summed E-state index contributed by atoms with van der Waals surface area (Å²) in [6.07, 6.45) is 4.81. The molecule has 0 aromatic rings. The SMILES string of the molecule is Cc1c2occcc-2c(C2CCN(C=O)CC2)c1C. The van der Waals surface area contributed by atoms with Gasteiger partial charge in [-0.05, 0) is 61.4 Å². The third kappa shape index (κ3) is 1.93. The second kappa shape index (κ2) is 4.72. The fourth-order valence-corrected chi connectivity index (χ4v) is 3.28. The van der Waals surface area contributed by atoms with Crippen molar-refractivity contribution in [1.29, 1.82) is 0 Å². The van der Waals surface area contributed by atoms with Crippen LogP contribution in [0, 0.1) is 13.8 Å². The number of hydrogen-bond donors (Lipinski definition) is 0. The van der Waals surface area contributed by atoms with Gasteiger partial charge in [-0.1, -0.05) is 0 Å². The Morgan fingerprint density at radius 1 is 1.26 bits per heavy atom. The minimum atomic E-state index is 0.546. The van der Waals surface area contributed by atoms with E-state index in [4.69, 9.17) is 4.42 Å². The molecule has 19 heavy (non-hydrogen) atoms. The van der Waals surface area contributed by atoms with Crippen LogP contribution in [0.2, 0.25) is 0 Å². The molecule has 0 bridgehead atoms. The quantitative estimate of drug-likeness (QED) is 0.773. The van der Waals surface area contributed by atoms with Crippen molar-refractivity contribution in [2.75, 3.05) is 13.1 Å². The number of carbonyl (C=O) groups excluding carboxylic acids is 1. The number of carbonyl (C=O) groups is 1. The molecule has 1 saturated heterocycles. The van der Waals surface area contributed by atoms with E-state index in [2.05, 4.69) is 19.9 Å². The monoisotopic (exact) mass is 257 g/mol. The van der Waals surface area contributed by atoms with Gasteiger partial charge in [-0.3, -0.25) is 4.79 Å². The average molecular weight is 257 g/mol. The summed E-state index contributed by atoms with van der Waals surface area (Å²) in [6.45, 7) is 6.05. The van der Waals surface area contributed by atoms with Crippen molar-refractivity contribution in [3.8, 4) is 11.3 Å². The first-order valence-corrected chi connectivity index (χ1v) is 6.88. The van der Waals surface area contributed by atoms with Crippen molar-refractivity contribution in [2.45, 2.75) is 32.6 Å². The van der Waals surface area contributed by atoms with Gasteiger partial charge in [0.15, 0.2) is 0 Å². The van der Waals surface area contributed by atoms with Crippen LogP contribution in [0.4, 0.5) is 0 Å². The standard InChI is InChI=1S/C16H19NO2/c1-11-12(2)16-14(4-3-9-19-16)15(11)13-5-7-17(10-18)8-6-13/h3-4,9-10,13H,5-8H2,1-2H3. The molecule has 0 radical (unpaired) electrons. The third-order valence-corrected chi connectivity index (χ3v) is 4.46. The molecular formula is C16H19NO2. The summed E-state index contributed by atoms with van der Waals surface area (Å²) in [5.41, 5.74) is 5.29. The Kier molecular flexibility index (Phi) is 3.05. The van der Waals surface area contributed by atoms with Crippen molar-refractivity contribution >= 4 is 6.41 Å². The summed E-state index contributed by atoms with van der Waals surface area (Å²) >= 11 is 0. The smallest absolute Gasteiger partial charge is 0.209 e. The third-order valence-electron chi connectivity index (χ3n) is 4.46. The lowest BCUT2D eigenvalue weighted by Crippen LogP contribution is -2.31. The average Bonchev–Trinajstić information content (AvgIpc) is 2.72. The largest absolute Gasteiger partial charge is 0.464 e. The van der Waals surface area contributed by atoms with E-state index < -0.39 is 0 Å². The molecule has 0 N–H and O–H groups in total. The number of nitrogens with zero attached hydrogens (tertiary/aromatic N) is 1. The van der Waals surface area contributed by atoms with Crippen LogP contribution in [-0.2, 0) is 4.79 Å². The molecule has 0 unspecified atom stereocenters. The van der Waals surface area contributed by atoms with Gasteiger partial charge in [-0.15, -0.1) is 0 Å². The van der Waals surface area contributed by atoms with Gasteiger partial charge >= 0.3 is 0 Å². The lowest BCUT2D eigenvalue weighted by molar-refractivity contribution is -0.119. The topological polar surface area (TPSA) is 33.5 Å². The van der Waals surface area contributed by atoms with Crippen LogP contribution in [0.15, 0.2) is 22.8 Å². The maximum absolute atomic E-state index is 10.8. The zero-order valence-electron chi connectivity index (χ0n) is 11.5. The van der Waals surface area contributed by atoms with Crippen LogP contribution in [0.5, 0.6) is 0 Å². The van der Waals surface area contributed by atoms with Gasteiger partial charge in [-0.25, -0.2) is 0 Å². The maximum atomic E-state index is 10.8. The normalized spacial score (nSPS) is 17.1. The highest BCUT2D eigenvalue weighted by Crippen LogP contribution is 2.43.